The Morgan fingerprint density at radius 3 is 2.93 bits per heavy atom. The predicted molar refractivity (Wildman–Crippen MR) is 65.0 cm³/mol. The van der Waals surface area contributed by atoms with Crippen LogP contribution in [0.2, 0.25) is 5.02 Å². The predicted octanol–water partition coefficient (Wildman–Crippen LogP) is 4.02. The highest BCUT2D eigenvalue weighted by molar-refractivity contribution is 7.07. The first-order chi connectivity index (χ1) is 7.34. The summed E-state index contributed by atoms with van der Waals surface area (Å²) >= 11 is 7.56. The van der Waals surface area contributed by atoms with Gasteiger partial charge in [-0.1, -0.05) is 17.7 Å². The van der Waals surface area contributed by atoms with Crippen molar-refractivity contribution in [2.75, 3.05) is 6.61 Å². The molecule has 0 fully saturated rings. The van der Waals surface area contributed by atoms with Crippen molar-refractivity contribution in [2.45, 2.75) is 6.42 Å². The molecule has 78 valence electrons. The summed E-state index contributed by atoms with van der Waals surface area (Å²) in [5.74, 6) is 0.831. The summed E-state index contributed by atoms with van der Waals surface area (Å²) in [6, 6.07) is 9.59. The van der Waals surface area contributed by atoms with Gasteiger partial charge in [-0.15, -0.1) is 0 Å². The van der Waals surface area contributed by atoms with Crippen LogP contribution >= 0.6 is 22.9 Å². The summed E-state index contributed by atoms with van der Waals surface area (Å²) in [7, 11) is 0. The van der Waals surface area contributed by atoms with Crippen LogP contribution in [0.1, 0.15) is 5.56 Å². The molecular weight excluding hydrogens is 228 g/mol. The number of hydrogen-bond donors (Lipinski definition) is 0. The van der Waals surface area contributed by atoms with E-state index in [1.54, 1.807) is 11.3 Å². The standard InChI is InChI=1S/C12H11ClOS/c13-11-2-1-3-12(8-11)14-6-4-10-5-7-15-9-10/h1-3,5,7-9H,4,6H2. The molecule has 0 bridgehead atoms. The molecule has 0 spiro atoms. The van der Waals surface area contributed by atoms with Gasteiger partial charge in [0.25, 0.3) is 0 Å². The fourth-order valence-electron chi connectivity index (χ4n) is 1.28. The molecule has 0 amide bonds. The number of rotatable bonds is 4. The van der Waals surface area contributed by atoms with E-state index >= 15 is 0 Å². The number of halogens is 1. The van der Waals surface area contributed by atoms with Crippen molar-refractivity contribution < 1.29 is 4.74 Å². The number of benzene rings is 1. The van der Waals surface area contributed by atoms with E-state index in [-0.39, 0.29) is 0 Å². The first-order valence-corrected chi connectivity index (χ1v) is 6.06. The van der Waals surface area contributed by atoms with Crippen LogP contribution in [-0.2, 0) is 6.42 Å². The maximum atomic E-state index is 5.84. The highest BCUT2D eigenvalue weighted by atomic mass is 35.5. The summed E-state index contributed by atoms with van der Waals surface area (Å²) < 4.78 is 5.58. The zero-order valence-electron chi connectivity index (χ0n) is 8.15. The lowest BCUT2D eigenvalue weighted by Gasteiger charge is -2.05. The second-order valence-electron chi connectivity index (χ2n) is 3.19. The van der Waals surface area contributed by atoms with Crippen LogP contribution in [0, 0.1) is 0 Å². The third-order valence-corrected chi connectivity index (χ3v) is 3.00. The van der Waals surface area contributed by atoms with Crippen molar-refractivity contribution in [3.05, 3.63) is 51.7 Å². The number of hydrogen-bond acceptors (Lipinski definition) is 2. The van der Waals surface area contributed by atoms with E-state index in [9.17, 15) is 0 Å². The molecule has 0 saturated heterocycles. The van der Waals surface area contributed by atoms with Gasteiger partial charge in [0.15, 0.2) is 0 Å². The Kier molecular flexibility index (Phi) is 3.64. The first kappa shape index (κ1) is 10.5. The van der Waals surface area contributed by atoms with Crippen molar-refractivity contribution in [2.24, 2.45) is 0 Å². The fourth-order valence-corrected chi connectivity index (χ4v) is 2.16. The maximum Gasteiger partial charge on any atom is 0.120 e. The number of thiophene rings is 1. The van der Waals surface area contributed by atoms with Gasteiger partial charge < -0.3 is 4.74 Å². The Bertz CT molecular complexity index is 411. The molecule has 0 saturated carbocycles. The van der Waals surface area contributed by atoms with E-state index in [4.69, 9.17) is 16.3 Å². The molecule has 1 heterocycles. The largest absolute Gasteiger partial charge is 0.493 e. The molecule has 0 atom stereocenters. The van der Waals surface area contributed by atoms with E-state index in [2.05, 4.69) is 16.8 Å². The molecule has 0 aliphatic carbocycles. The van der Waals surface area contributed by atoms with Gasteiger partial charge in [0.2, 0.25) is 0 Å². The van der Waals surface area contributed by atoms with E-state index in [1.807, 2.05) is 24.3 Å². The fraction of sp³-hybridized carbons (Fsp3) is 0.167. The second kappa shape index (κ2) is 5.19. The SMILES string of the molecule is Clc1cccc(OCCc2ccsc2)c1. The molecule has 0 aliphatic rings. The van der Waals surface area contributed by atoms with Gasteiger partial charge in [-0.3, -0.25) is 0 Å². The normalized spacial score (nSPS) is 10.2. The lowest BCUT2D eigenvalue weighted by atomic mass is 10.2. The molecule has 2 aromatic rings. The summed E-state index contributed by atoms with van der Waals surface area (Å²) in [5.41, 5.74) is 1.32. The van der Waals surface area contributed by atoms with E-state index < -0.39 is 0 Å². The van der Waals surface area contributed by atoms with Crippen molar-refractivity contribution in [1.82, 2.24) is 0 Å². The van der Waals surface area contributed by atoms with E-state index in [0.717, 1.165) is 12.2 Å². The van der Waals surface area contributed by atoms with Gasteiger partial charge in [0, 0.05) is 11.4 Å². The molecular formula is C12H11ClOS. The van der Waals surface area contributed by atoms with E-state index in [1.165, 1.54) is 5.56 Å². The quantitative estimate of drug-likeness (QED) is 0.782. The van der Waals surface area contributed by atoms with Gasteiger partial charge >= 0.3 is 0 Å². The van der Waals surface area contributed by atoms with Crippen LogP contribution in [0.15, 0.2) is 41.1 Å². The molecule has 1 aromatic heterocycles. The molecule has 0 radical (unpaired) electrons. The average molecular weight is 239 g/mol. The van der Waals surface area contributed by atoms with Crippen molar-refractivity contribution in [3.8, 4) is 5.75 Å². The Morgan fingerprint density at radius 1 is 1.27 bits per heavy atom. The van der Waals surface area contributed by atoms with Crippen LogP contribution in [-0.4, -0.2) is 6.61 Å². The summed E-state index contributed by atoms with van der Waals surface area (Å²) in [6.45, 7) is 0.692. The van der Waals surface area contributed by atoms with Crippen LogP contribution in [0.25, 0.3) is 0 Å². The Hall–Kier alpha value is -0.990. The molecule has 0 N–H and O–H groups in total. The van der Waals surface area contributed by atoms with Gasteiger partial charge in [-0.05, 0) is 40.6 Å². The molecule has 15 heavy (non-hydrogen) atoms. The third kappa shape index (κ3) is 3.26. The smallest absolute Gasteiger partial charge is 0.120 e. The molecule has 2 rings (SSSR count). The minimum Gasteiger partial charge on any atom is -0.493 e. The first-order valence-electron chi connectivity index (χ1n) is 4.74. The van der Waals surface area contributed by atoms with Gasteiger partial charge in [0.1, 0.15) is 5.75 Å². The lowest BCUT2D eigenvalue weighted by molar-refractivity contribution is 0.322. The molecule has 1 nitrogen and oxygen atoms in total. The zero-order valence-corrected chi connectivity index (χ0v) is 9.72. The van der Waals surface area contributed by atoms with Gasteiger partial charge in [0.05, 0.1) is 6.61 Å². The highest BCUT2D eigenvalue weighted by Crippen LogP contribution is 2.17. The topological polar surface area (TPSA) is 9.23 Å². The molecule has 0 unspecified atom stereocenters. The maximum absolute atomic E-state index is 5.84. The molecule has 0 aliphatic heterocycles. The summed E-state index contributed by atoms with van der Waals surface area (Å²) in [6.07, 6.45) is 0.940. The van der Waals surface area contributed by atoms with Crippen molar-refractivity contribution >= 4 is 22.9 Å². The van der Waals surface area contributed by atoms with Crippen LogP contribution < -0.4 is 4.74 Å². The van der Waals surface area contributed by atoms with Crippen molar-refractivity contribution in [1.29, 1.82) is 0 Å². The lowest BCUT2D eigenvalue weighted by Crippen LogP contribution is -2.00. The van der Waals surface area contributed by atoms with Gasteiger partial charge in [-0.2, -0.15) is 11.3 Å². The van der Waals surface area contributed by atoms with Crippen LogP contribution in [0.3, 0.4) is 0 Å². The minimum atomic E-state index is 0.692. The Labute approximate surface area is 98.3 Å². The Morgan fingerprint density at radius 2 is 2.20 bits per heavy atom. The van der Waals surface area contributed by atoms with Crippen LogP contribution in [0.5, 0.6) is 5.75 Å². The van der Waals surface area contributed by atoms with Gasteiger partial charge in [-0.25, -0.2) is 0 Å². The molecule has 1 aromatic carbocycles. The highest BCUT2D eigenvalue weighted by Gasteiger charge is 1.96. The van der Waals surface area contributed by atoms with E-state index in [0.29, 0.717) is 11.6 Å². The zero-order chi connectivity index (χ0) is 10.5. The second-order valence-corrected chi connectivity index (χ2v) is 4.40. The Balaban J connectivity index is 1.83. The third-order valence-electron chi connectivity index (χ3n) is 2.04. The number of ether oxygens (including phenoxy) is 1. The monoisotopic (exact) mass is 238 g/mol. The van der Waals surface area contributed by atoms with Crippen LogP contribution in [0.4, 0.5) is 0 Å². The average Bonchev–Trinajstić information content (AvgIpc) is 2.71. The summed E-state index contributed by atoms with van der Waals surface area (Å²) in [4.78, 5) is 0. The minimum absolute atomic E-state index is 0.692. The molecule has 3 heteroatoms. The summed E-state index contributed by atoms with van der Waals surface area (Å²) in [5, 5.41) is 4.93. The van der Waals surface area contributed by atoms with Crippen molar-refractivity contribution in [3.63, 3.8) is 0 Å².